The minimum atomic E-state index is -3.73. The molecule has 28 heavy (non-hydrogen) atoms. The number of rotatable bonds is 8. The second-order valence-electron chi connectivity index (χ2n) is 6.62. The lowest BCUT2D eigenvalue weighted by Crippen LogP contribution is -2.45. The molecule has 0 saturated heterocycles. The van der Waals surface area contributed by atoms with Crippen LogP contribution in [0.3, 0.4) is 0 Å². The lowest BCUT2D eigenvalue weighted by Gasteiger charge is -2.28. The van der Waals surface area contributed by atoms with E-state index < -0.39 is 22.0 Å². The van der Waals surface area contributed by atoms with Crippen molar-refractivity contribution in [3.05, 3.63) is 58.1 Å². The molecule has 0 aliphatic rings. The zero-order valence-electron chi connectivity index (χ0n) is 16.1. The van der Waals surface area contributed by atoms with Crippen LogP contribution in [0.25, 0.3) is 0 Å². The zero-order chi connectivity index (χ0) is 20.9. The Bertz CT molecular complexity index is 931. The molecular formula is C20H24Cl2N2O3S. The number of sulfonamides is 1. The molecule has 1 amide bonds. The molecule has 2 rings (SSSR count). The van der Waals surface area contributed by atoms with Crippen molar-refractivity contribution in [2.24, 2.45) is 0 Å². The molecule has 8 heteroatoms. The standard InChI is InChI=1S/C20H24Cl2N2O3S/c1-4-5-6-15-7-9-16(10-8-15)23-20(25)14(2)24(28(3,26)27)17-11-12-18(21)19(22)13-17/h7-14H,4-6H2,1-3H3,(H,23,25)/t14-/m0/s1. The largest absolute Gasteiger partial charge is 0.324 e. The summed E-state index contributed by atoms with van der Waals surface area (Å²) in [7, 11) is -3.73. The van der Waals surface area contributed by atoms with Gasteiger partial charge in [0.2, 0.25) is 15.9 Å². The molecule has 0 saturated carbocycles. The third-order valence-corrected chi connectivity index (χ3v) is 6.27. The van der Waals surface area contributed by atoms with Crippen molar-refractivity contribution in [2.45, 2.75) is 39.2 Å². The van der Waals surface area contributed by atoms with Gasteiger partial charge in [0.1, 0.15) is 6.04 Å². The summed E-state index contributed by atoms with van der Waals surface area (Å²) < 4.78 is 25.7. The summed E-state index contributed by atoms with van der Waals surface area (Å²) in [5, 5.41) is 3.29. The number of halogens is 2. The van der Waals surface area contributed by atoms with E-state index in [4.69, 9.17) is 23.2 Å². The molecule has 0 aromatic heterocycles. The number of benzene rings is 2. The molecule has 2 aromatic rings. The van der Waals surface area contributed by atoms with Gasteiger partial charge >= 0.3 is 0 Å². The molecular weight excluding hydrogens is 419 g/mol. The van der Waals surface area contributed by atoms with E-state index in [9.17, 15) is 13.2 Å². The fourth-order valence-corrected chi connectivity index (χ4v) is 4.27. The summed E-state index contributed by atoms with van der Waals surface area (Å²) in [5.41, 5.74) is 2.08. The molecule has 5 nitrogen and oxygen atoms in total. The number of nitrogens with one attached hydrogen (secondary N) is 1. The van der Waals surface area contributed by atoms with Crippen LogP contribution in [-0.4, -0.2) is 26.6 Å². The third kappa shape index (κ3) is 5.87. The number of anilines is 2. The topological polar surface area (TPSA) is 66.5 Å². The minimum absolute atomic E-state index is 0.211. The van der Waals surface area contributed by atoms with Crippen LogP contribution in [0.4, 0.5) is 11.4 Å². The van der Waals surface area contributed by atoms with E-state index in [-0.39, 0.29) is 10.7 Å². The van der Waals surface area contributed by atoms with Gasteiger partial charge < -0.3 is 5.32 Å². The number of carbonyl (C=O) groups is 1. The first kappa shape index (κ1) is 22.5. The van der Waals surface area contributed by atoms with Crippen LogP contribution >= 0.6 is 23.2 Å². The van der Waals surface area contributed by atoms with Crippen LogP contribution in [0.1, 0.15) is 32.3 Å². The molecule has 152 valence electrons. The number of hydrogen-bond donors (Lipinski definition) is 1. The van der Waals surface area contributed by atoms with E-state index in [1.807, 2.05) is 24.3 Å². The van der Waals surface area contributed by atoms with Gasteiger partial charge in [-0.1, -0.05) is 48.7 Å². The molecule has 0 aliphatic carbocycles. The quantitative estimate of drug-likeness (QED) is 0.615. The van der Waals surface area contributed by atoms with Crippen LogP contribution in [-0.2, 0) is 21.2 Å². The zero-order valence-corrected chi connectivity index (χ0v) is 18.4. The first-order chi connectivity index (χ1) is 13.1. The van der Waals surface area contributed by atoms with Crippen molar-refractivity contribution < 1.29 is 13.2 Å². The molecule has 0 fully saturated rings. The molecule has 0 aliphatic heterocycles. The predicted molar refractivity (Wildman–Crippen MR) is 117 cm³/mol. The Hall–Kier alpha value is -1.76. The van der Waals surface area contributed by atoms with Gasteiger partial charge in [0.05, 0.1) is 22.0 Å². The number of amides is 1. The monoisotopic (exact) mass is 442 g/mol. The first-order valence-corrected chi connectivity index (χ1v) is 11.6. The average Bonchev–Trinajstić information content (AvgIpc) is 2.63. The normalized spacial score (nSPS) is 12.5. The minimum Gasteiger partial charge on any atom is -0.324 e. The van der Waals surface area contributed by atoms with E-state index in [2.05, 4.69) is 12.2 Å². The number of carbonyl (C=O) groups excluding carboxylic acids is 1. The number of hydrogen-bond acceptors (Lipinski definition) is 3. The summed E-state index contributed by atoms with van der Waals surface area (Å²) >= 11 is 11.9. The van der Waals surface area contributed by atoms with Crippen molar-refractivity contribution in [1.29, 1.82) is 0 Å². The summed E-state index contributed by atoms with van der Waals surface area (Å²) in [4.78, 5) is 12.7. The summed E-state index contributed by atoms with van der Waals surface area (Å²) in [6.45, 7) is 3.66. The van der Waals surface area contributed by atoms with E-state index >= 15 is 0 Å². The highest BCUT2D eigenvalue weighted by Gasteiger charge is 2.29. The highest BCUT2D eigenvalue weighted by Crippen LogP contribution is 2.30. The van der Waals surface area contributed by atoms with E-state index in [0.717, 1.165) is 29.8 Å². The Balaban J connectivity index is 2.20. The predicted octanol–water partition coefficient (Wildman–Crippen LogP) is 5.13. The van der Waals surface area contributed by atoms with Crippen LogP contribution in [0.2, 0.25) is 10.0 Å². The van der Waals surface area contributed by atoms with Gasteiger partial charge in [-0.25, -0.2) is 8.42 Å². The summed E-state index contributed by atoms with van der Waals surface area (Å²) in [6.07, 6.45) is 4.25. The van der Waals surface area contributed by atoms with Crippen LogP contribution < -0.4 is 9.62 Å². The van der Waals surface area contributed by atoms with Crippen LogP contribution in [0, 0.1) is 0 Å². The van der Waals surface area contributed by atoms with Gasteiger partial charge in [-0.2, -0.15) is 0 Å². The van der Waals surface area contributed by atoms with Crippen molar-refractivity contribution in [3.8, 4) is 0 Å². The molecule has 0 spiro atoms. The van der Waals surface area contributed by atoms with Gasteiger partial charge in [0, 0.05) is 5.69 Å². The smallest absolute Gasteiger partial charge is 0.247 e. The molecule has 0 heterocycles. The highest BCUT2D eigenvalue weighted by molar-refractivity contribution is 7.92. The van der Waals surface area contributed by atoms with Gasteiger partial charge in [-0.05, 0) is 55.7 Å². The number of aryl methyl sites for hydroxylation is 1. The van der Waals surface area contributed by atoms with Crippen LogP contribution in [0.15, 0.2) is 42.5 Å². The SMILES string of the molecule is CCCCc1ccc(NC(=O)[C@H](C)N(c2ccc(Cl)c(Cl)c2)S(C)(=O)=O)cc1. The fourth-order valence-electron chi connectivity index (χ4n) is 2.81. The Kier molecular flexibility index (Phi) is 7.75. The van der Waals surface area contributed by atoms with Gasteiger partial charge in [0.15, 0.2) is 0 Å². The van der Waals surface area contributed by atoms with Gasteiger partial charge in [-0.15, -0.1) is 0 Å². The lowest BCUT2D eigenvalue weighted by atomic mass is 10.1. The molecule has 1 N–H and O–H groups in total. The summed E-state index contributed by atoms with van der Waals surface area (Å²) in [6, 6.07) is 11.0. The average molecular weight is 443 g/mol. The first-order valence-electron chi connectivity index (χ1n) is 8.97. The van der Waals surface area contributed by atoms with Crippen molar-refractivity contribution in [3.63, 3.8) is 0 Å². The van der Waals surface area contributed by atoms with E-state index in [1.165, 1.54) is 30.7 Å². The third-order valence-electron chi connectivity index (χ3n) is 4.29. The second-order valence-corrected chi connectivity index (χ2v) is 9.30. The highest BCUT2D eigenvalue weighted by atomic mass is 35.5. The molecule has 1 atom stereocenters. The van der Waals surface area contributed by atoms with Crippen molar-refractivity contribution in [1.82, 2.24) is 0 Å². The van der Waals surface area contributed by atoms with Gasteiger partial charge in [0.25, 0.3) is 0 Å². The molecule has 0 radical (unpaired) electrons. The molecule has 0 unspecified atom stereocenters. The van der Waals surface area contributed by atoms with E-state index in [0.29, 0.717) is 10.7 Å². The maximum atomic E-state index is 12.7. The van der Waals surface area contributed by atoms with Gasteiger partial charge in [-0.3, -0.25) is 9.10 Å². The van der Waals surface area contributed by atoms with Crippen molar-refractivity contribution >= 4 is 50.5 Å². The maximum absolute atomic E-state index is 12.7. The Labute approximate surface area is 176 Å². The van der Waals surface area contributed by atoms with E-state index in [1.54, 1.807) is 0 Å². The Morgan fingerprint density at radius 3 is 2.29 bits per heavy atom. The molecule has 0 bridgehead atoms. The summed E-state index contributed by atoms with van der Waals surface area (Å²) in [5.74, 6) is -0.446. The maximum Gasteiger partial charge on any atom is 0.247 e. The lowest BCUT2D eigenvalue weighted by molar-refractivity contribution is -0.116. The Morgan fingerprint density at radius 1 is 1.11 bits per heavy atom. The fraction of sp³-hybridized carbons (Fsp3) is 0.350. The van der Waals surface area contributed by atoms with Crippen molar-refractivity contribution in [2.75, 3.05) is 15.9 Å². The Morgan fingerprint density at radius 2 is 1.75 bits per heavy atom. The second kappa shape index (κ2) is 9.63. The number of unbranched alkanes of at least 4 members (excludes halogenated alkanes) is 1. The number of nitrogens with zero attached hydrogens (tertiary/aromatic N) is 1. The molecule has 2 aromatic carbocycles. The van der Waals surface area contributed by atoms with Crippen LogP contribution in [0.5, 0.6) is 0 Å².